The van der Waals surface area contributed by atoms with Gasteiger partial charge in [-0.15, -0.1) is 0 Å². The number of hydrogen-bond donors (Lipinski definition) is 1. The number of carboxylic acids is 1. The fourth-order valence-electron chi connectivity index (χ4n) is 4.80. The van der Waals surface area contributed by atoms with Crippen LogP contribution in [0.2, 0.25) is 0 Å². The van der Waals surface area contributed by atoms with Gasteiger partial charge >= 0.3 is 0 Å². The Bertz CT molecular complexity index is 679. The Kier molecular flexibility index (Phi) is 4.34. The lowest BCUT2D eigenvalue weighted by Crippen LogP contribution is -3.13. The van der Waals surface area contributed by atoms with E-state index in [9.17, 15) is 14.7 Å². The fraction of sp³-hybridized carbons (Fsp3) is 0.500. The summed E-state index contributed by atoms with van der Waals surface area (Å²) < 4.78 is 0. The molecule has 1 amide bonds. The normalized spacial score (nSPS) is 31.4. The number of rotatable bonds is 4. The number of benzene rings is 1. The quantitative estimate of drug-likeness (QED) is 0.723. The highest BCUT2D eigenvalue weighted by Gasteiger charge is 2.50. The summed E-state index contributed by atoms with van der Waals surface area (Å²) in [5.41, 5.74) is 1.31. The second kappa shape index (κ2) is 6.64. The van der Waals surface area contributed by atoms with Crippen molar-refractivity contribution in [2.75, 3.05) is 26.2 Å². The first-order valence-corrected chi connectivity index (χ1v) is 9.19. The predicted molar refractivity (Wildman–Crippen MR) is 90.1 cm³/mol. The number of piperazine rings is 1. The Balaban J connectivity index is 1.37. The number of nitrogens with one attached hydrogen (secondary N) is 1. The molecule has 1 N–H and O–H groups in total. The summed E-state index contributed by atoms with van der Waals surface area (Å²) in [6, 6.07) is 10.4. The molecule has 0 unspecified atom stereocenters. The van der Waals surface area contributed by atoms with E-state index in [2.05, 4.69) is 24.3 Å². The third-order valence-corrected chi connectivity index (χ3v) is 6.10. The Labute approximate surface area is 147 Å². The van der Waals surface area contributed by atoms with Gasteiger partial charge in [0.15, 0.2) is 0 Å². The van der Waals surface area contributed by atoms with E-state index in [0.29, 0.717) is 13.1 Å². The summed E-state index contributed by atoms with van der Waals surface area (Å²) in [5, 5.41) is 11.5. The van der Waals surface area contributed by atoms with Gasteiger partial charge in [-0.2, -0.15) is 0 Å². The van der Waals surface area contributed by atoms with E-state index < -0.39 is 17.8 Å². The highest BCUT2D eigenvalue weighted by molar-refractivity contribution is 5.86. The van der Waals surface area contributed by atoms with Crippen LogP contribution in [0.4, 0.5) is 0 Å². The van der Waals surface area contributed by atoms with Gasteiger partial charge in [0.1, 0.15) is 6.54 Å². The van der Waals surface area contributed by atoms with Crippen LogP contribution in [-0.4, -0.2) is 43.0 Å². The number of carbonyl (C=O) groups excluding carboxylic acids is 2. The lowest BCUT2D eigenvalue weighted by molar-refractivity contribution is -0.917. The molecule has 25 heavy (non-hydrogen) atoms. The van der Waals surface area contributed by atoms with Gasteiger partial charge in [-0.25, -0.2) is 0 Å². The van der Waals surface area contributed by atoms with Crippen molar-refractivity contribution in [2.45, 2.75) is 13.0 Å². The third kappa shape index (κ3) is 3.09. The summed E-state index contributed by atoms with van der Waals surface area (Å²) in [7, 11) is 0. The fourth-order valence-corrected chi connectivity index (χ4v) is 4.80. The van der Waals surface area contributed by atoms with Crippen LogP contribution in [0.25, 0.3) is 0 Å². The summed E-state index contributed by atoms with van der Waals surface area (Å²) in [4.78, 5) is 27.8. The largest absolute Gasteiger partial charge is 0.550 e. The lowest BCUT2D eigenvalue weighted by atomic mass is 9.82. The molecule has 1 aromatic rings. The highest BCUT2D eigenvalue weighted by atomic mass is 16.4. The number of aliphatic carboxylic acids is 1. The van der Waals surface area contributed by atoms with Crippen LogP contribution in [-0.2, 0) is 16.1 Å². The zero-order valence-corrected chi connectivity index (χ0v) is 14.3. The van der Waals surface area contributed by atoms with E-state index in [0.717, 1.165) is 26.1 Å². The molecule has 2 fully saturated rings. The van der Waals surface area contributed by atoms with Gasteiger partial charge in [0.25, 0.3) is 0 Å². The minimum absolute atomic E-state index is 0.0183. The molecule has 2 aliphatic carbocycles. The van der Waals surface area contributed by atoms with Crippen molar-refractivity contribution in [2.24, 2.45) is 23.7 Å². The van der Waals surface area contributed by atoms with Crippen LogP contribution in [0, 0.1) is 23.7 Å². The number of carbonyl (C=O) groups is 2. The standard InChI is InChI=1S/C20H24N2O3/c23-19(17-15-6-7-16(12-15)18(17)20(24)25)22-10-8-21(9-11-22)13-14-4-2-1-3-5-14/h1-7,15-18H,8-13H2,(H,24,25)/t15-,16+,17-,18+/m1/s1. The number of nitrogens with zero attached hydrogens (tertiary/aromatic N) is 1. The second-order valence-electron chi connectivity index (χ2n) is 7.56. The van der Waals surface area contributed by atoms with Crippen LogP contribution in [0.1, 0.15) is 12.0 Å². The van der Waals surface area contributed by atoms with Gasteiger partial charge < -0.3 is 19.7 Å². The molecule has 1 heterocycles. The number of allylic oxidation sites excluding steroid dienone is 2. The maximum atomic E-state index is 13.0. The van der Waals surface area contributed by atoms with Crippen molar-refractivity contribution in [3.8, 4) is 0 Å². The van der Waals surface area contributed by atoms with Crippen LogP contribution >= 0.6 is 0 Å². The van der Waals surface area contributed by atoms with E-state index in [1.165, 1.54) is 10.5 Å². The van der Waals surface area contributed by atoms with Crippen molar-refractivity contribution in [3.05, 3.63) is 48.0 Å². The lowest BCUT2D eigenvalue weighted by Gasteiger charge is -2.37. The van der Waals surface area contributed by atoms with Crippen molar-refractivity contribution in [3.63, 3.8) is 0 Å². The van der Waals surface area contributed by atoms with Crippen molar-refractivity contribution < 1.29 is 19.6 Å². The van der Waals surface area contributed by atoms with Gasteiger partial charge in [-0.05, 0) is 18.3 Å². The molecule has 5 heteroatoms. The molecular formula is C20H24N2O3. The monoisotopic (exact) mass is 340 g/mol. The molecular weight excluding hydrogens is 316 g/mol. The molecule has 2 bridgehead atoms. The number of hydrogen-bond acceptors (Lipinski definition) is 3. The zero-order valence-electron chi connectivity index (χ0n) is 14.3. The van der Waals surface area contributed by atoms with Gasteiger partial charge in [0, 0.05) is 17.5 Å². The maximum Gasteiger partial charge on any atom is 0.227 e. The van der Waals surface area contributed by atoms with Gasteiger partial charge in [0.2, 0.25) is 5.91 Å². The summed E-state index contributed by atoms with van der Waals surface area (Å²) >= 11 is 0. The Morgan fingerprint density at radius 3 is 2.32 bits per heavy atom. The Morgan fingerprint density at radius 1 is 1.04 bits per heavy atom. The summed E-state index contributed by atoms with van der Waals surface area (Å²) in [6.45, 7) is 4.21. The number of amides is 1. The highest BCUT2D eigenvalue weighted by Crippen LogP contribution is 2.48. The first-order chi connectivity index (χ1) is 12.1. The van der Waals surface area contributed by atoms with Crippen molar-refractivity contribution in [1.82, 2.24) is 4.90 Å². The van der Waals surface area contributed by atoms with Gasteiger partial charge in [-0.3, -0.25) is 4.79 Å². The Hall–Kier alpha value is -2.14. The van der Waals surface area contributed by atoms with Crippen LogP contribution in [0.3, 0.4) is 0 Å². The van der Waals surface area contributed by atoms with Gasteiger partial charge in [-0.1, -0.05) is 42.5 Å². The van der Waals surface area contributed by atoms with Crippen molar-refractivity contribution in [1.29, 1.82) is 0 Å². The number of carboxylic acid groups (broad SMARTS) is 1. The van der Waals surface area contributed by atoms with E-state index in [4.69, 9.17) is 0 Å². The average Bonchev–Trinajstić information content (AvgIpc) is 3.24. The van der Waals surface area contributed by atoms with Crippen molar-refractivity contribution >= 4 is 11.9 Å². The van der Waals surface area contributed by atoms with E-state index in [1.54, 1.807) is 0 Å². The van der Waals surface area contributed by atoms with E-state index >= 15 is 0 Å². The molecule has 1 aromatic carbocycles. The minimum Gasteiger partial charge on any atom is -0.550 e. The topological polar surface area (TPSA) is 64.9 Å². The second-order valence-corrected chi connectivity index (χ2v) is 7.56. The molecule has 132 valence electrons. The van der Waals surface area contributed by atoms with Gasteiger partial charge in [0.05, 0.1) is 32.1 Å². The molecule has 1 aliphatic heterocycles. The van der Waals surface area contributed by atoms with E-state index in [1.807, 2.05) is 23.1 Å². The molecule has 4 atom stereocenters. The van der Waals surface area contributed by atoms with E-state index in [-0.39, 0.29) is 17.7 Å². The molecule has 0 aromatic heterocycles. The maximum absolute atomic E-state index is 13.0. The van der Waals surface area contributed by atoms with Crippen LogP contribution in [0.5, 0.6) is 0 Å². The molecule has 1 saturated heterocycles. The summed E-state index contributed by atoms with van der Waals surface area (Å²) in [6.07, 6.45) is 4.77. The molecule has 0 spiro atoms. The first-order valence-electron chi connectivity index (χ1n) is 9.19. The smallest absolute Gasteiger partial charge is 0.227 e. The zero-order chi connectivity index (χ0) is 17.4. The minimum atomic E-state index is -1.07. The average molecular weight is 340 g/mol. The SMILES string of the molecule is O=C([O-])[C@@H]1[C@H](C(=O)N2CC[NH+](Cc3ccccc3)CC2)[C@@H]2C=C[C@H]1C2. The first kappa shape index (κ1) is 16.3. The number of quaternary nitrogens is 1. The molecule has 5 nitrogen and oxygen atoms in total. The molecule has 4 rings (SSSR count). The molecule has 1 saturated carbocycles. The van der Waals surface area contributed by atoms with Crippen LogP contribution in [0.15, 0.2) is 42.5 Å². The molecule has 3 aliphatic rings. The third-order valence-electron chi connectivity index (χ3n) is 6.10. The van der Waals surface area contributed by atoms with Crippen LogP contribution < -0.4 is 10.0 Å². The Morgan fingerprint density at radius 2 is 1.68 bits per heavy atom. The molecule has 0 radical (unpaired) electrons. The number of fused-ring (bicyclic) bond motifs is 2. The summed E-state index contributed by atoms with van der Waals surface area (Å²) in [5.74, 6) is -2.05. The predicted octanol–water partition coefficient (Wildman–Crippen LogP) is -0.898.